The highest BCUT2D eigenvalue weighted by molar-refractivity contribution is 7.07. The Morgan fingerprint density at radius 1 is 1.18 bits per heavy atom. The monoisotopic (exact) mass is 244 g/mol. The number of benzene rings is 1. The lowest BCUT2D eigenvalue weighted by atomic mass is 9.95. The molecule has 1 aliphatic rings. The molecule has 1 saturated heterocycles. The van der Waals surface area contributed by atoms with Gasteiger partial charge in [0.25, 0.3) is 0 Å². The normalized spacial score (nSPS) is 24.0. The summed E-state index contributed by atoms with van der Waals surface area (Å²) < 4.78 is 5.89. The molecular formula is C15H16OS. The fourth-order valence-electron chi connectivity index (χ4n) is 2.47. The van der Waals surface area contributed by atoms with Crippen molar-refractivity contribution in [2.45, 2.75) is 18.9 Å². The first-order valence-electron chi connectivity index (χ1n) is 6.09. The zero-order valence-electron chi connectivity index (χ0n) is 9.71. The van der Waals surface area contributed by atoms with Crippen LogP contribution in [0.4, 0.5) is 0 Å². The number of hydrogen-bond acceptors (Lipinski definition) is 2. The lowest BCUT2D eigenvalue weighted by Gasteiger charge is -2.08. The molecule has 1 aromatic heterocycles. The van der Waals surface area contributed by atoms with Gasteiger partial charge in [-0.3, -0.25) is 0 Å². The van der Waals surface area contributed by atoms with Gasteiger partial charge in [0.05, 0.1) is 12.7 Å². The third kappa shape index (κ3) is 2.59. The van der Waals surface area contributed by atoms with Gasteiger partial charge in [-0.05, 0) is 46.7 Å². The van der Waals surface area contributed by atoms with Crippen LogP contribution in [0, 0.1) is 5.92 Å². The maximum atomic E-state index is 5.89. The Labute approximate surface area is 106 Å². The summed E-state index contributed by atoms with van der Waals surface area (Å²) in [5.74, 6) is 0.669. The van der Waals surface area contributed by atoms with Crippen LogP contribution in [-0.2, 0) is 11.2 Å². The molecule has 2 heteroatoms. The van der Waals surface area contributed by atoms with Gasteiger partial charge in [-0.15, -0.1) is 0 Å². The lowest BCUT2D eigenvalue weighted by Crippen LogP contribution is -2.03. The summed E-state index contributed by atoms with van der Waals surface area (Å²) in [6.07, 6.45) is 2.63. The van der Waals surface area contributed by atoms with E-state index < -0.39 is 0 Å². The third-order valence-electron chi connectivity index (χ3n) is 3.36. The molecule has 0 amide bonds. The maximum absolute atomic E-state index is 5.89. The van der Waals surface area contributed by atoms with Gasteiger partial charge in [0.2, 0.25) is 0 Å². The van der Waals surface area contributed by atoms with E-state index in [1.165, 1.54) is 11.1 Å². The van der Waals surface area contributed by atoms with E-state index in [0.717, 1.165) is 19.4 Å². The largest absolute Gasteiger partial charge is 0.373 e. The van der Waals surface area contributed by atoms with Crippen molar-refractivity contribution in [1.82, 2.24) is 0 Å². The van der Waals surface area contributed by atoms with Crippen LogP contribution >= 0.6 is 11.3 Å². The van der Waals surface area contributed by atoms with E-state index in [0.29, 0.717) is 12.0 Å². The molecule has 2 aromatic rings. The Morgan fingerprint density at radius 2 is 2.06 bits per heavy atom. The first-order valence-corrected chi connectivity index (χ1v) is 7.04. The number of rotatable bonds is 3. The molecule has 0 saturated carbocycles. The highest BCUT2D eigenvalue weighted by Gasteiger charge is 2.26. The average molecular weight is 244 g/mol. The molecule has 17 heavy (non-hydrogen) atoms. The van der Waals surface area contributed by atoms with Crippen LogP contribution in [0.15, 0.2) is 47.2 Å². The second kappa shape index (κ2) is 5.03. The second-order valence-electron chi connectivity index (χ2n) is 4.67. The predicted molar refractivity (Wildman–Crippen MR) is 71.3 cm³/mol. The van der Waals surface area contributed by atoms with Gasteiger partial charge in [0.15, 0.2) is 0 Å². The summed E-state index contributed by atoms with van der Waals surface area (Å²) in [5, 5.41) is 4.33. The summed E-state index contributed by atoms with van der Waals surface area (Å²) in [6, 6.07) is 12.9. The van der Waals surface area contributed by atoms with E-state index in [1.54, 1.807) is 11.3 Å². The summed E-state index contributed by atoms with van der Waals surface area (Å²) >= 11 is 1.75. The SMILES string of the molecule is c1ccc(C[C@H]2CO[C@H](c3ccsc3)C2)cc1. The molecule has 0 N–H and O–H groups in total. The molecule has 88 valence electrons. The molecule has 1 aliphatic heterocycles. The van der Waals surface area contributed by atoms with Gasteiger partial charge in [-0.1, -0.05) is 30.3 Å². The van der Waals surface area contributed by atoms with Crippen molar-refractivity contribution in [2.24, 2.45) is 5.92 Å². The molecular weight excluding hydrogens is 228 g/mol. The fraction of sp³-hybridized carbons (Fsp3) is 0.333. The minimum absolute atomic E-state index is 0.329. The van der Waals surface area contributed by atoms with Crippen molar-refractivity contribution < 1.29 is 4.74 Å². The molecule has 3 rings (SSSR count). The minimum Gasteiger partial charge on any atom is -0.373 e. The van der Waals surface area contributed by atoms with Crippen molar-refractivity contribution in [1.29, 1.82) is 0 Å². The zero-order valence-corrected chi connectivity index (χ0v) is 10.5. The van der Waals surface area contributed by atoms with Crippen LogP contribution in [-0.4, -0.2) is 6.61 Å². The van der Waals surface area contributed by atoms with Crippen molar-refractivity contribution in [3.63, 3.8) is 0 Å². The zero-order chi connectivity index (χ0) is 11.5. The summed E-state index contributed by atoms with van der Waals surface area (Å²) in [6.45, 7) is 0.898. The molecule has 1 nitrogen and oxygen atoms in total. The summed E-state index contributed by atoms with van der Waals surface area (Å²) in [5.41, 5.74) is 2.78. The smallest absolute Gasteiger partial charge is 0.0836 e. The Kier molecular flexibility index (Phi) is 3.25. The van der Waals surface area contributed by atoms with E-state index in [9.17, 15) is 0 Å². The molecule has 0 unspecified atom stereocenters. The van der Waals surface area contributed by atoms with Gasteiger partial charge >= 0.3 is 0 Å². The van der Waals surface area contributed by atoms with E-state index >= 15 is 0 Å². The third-order valence-corrected chi connectivity index (χ3v) is 4.06. The van der Waals surface area contributed by atoms with Gasteiger partial charge < -0.3 is 4.74 Å². The Balaban J connectivity index is 1.61. The first kappa shape index (κ1) is 11.0. The molecule has 0 radical (unpaired) electrons. The van der Waals surface area contributed by atoms with Crippen molar-refractivity contribution in [3.05, 3.63) is 58.3 Å². The van der Waals surface area contributed by atoms with Crippen LogP contribution in [0.3, 0.4) is 0 Å². The topological polar surface area (TPSA) is 9.23 Å². The van der Waals surface area contributed by atoms with E-state index in [1.807, 2.05) is 0 Å². The molecule has 1 fully saturated rings. The molecule has 1 aromatic carbocycles. The van der Waals surface area contributed by atoms with Crippen LogP contribution in [0.25, 0.3) is 0 Å². The minimum atomic E-state index is 0.329. The number of ether oxygens (including phenoxy) is 1. The molecule has 0 spiro atoms. The average Bonchev–Trinajstić information content (AvgIpc) is 3.00. The fourth-order valence-corrected chi connectivity index (χ4v) is 3.17. The van der Waals surface area contributed by atoms with Crippen LogP contribution < -0.4 is 0 Å². The number of thiophene rings is 1. The van der Waals surface area contributed by atoms with E-state index in [-0.39, 0.29) is 0 Å². The van der Waals surface area contributed by atoms with Gasteiger partial charge in [-0.2, -0.15) is 11.3 Å². The summed E-state index contributed by atoms with van der Waals surface area (Å²) in [4.78, 5) is 0. The Morgan fingerprint density at radius 3 is 2.82 bits per heavy atom. The van der Waals surface area contributed by atoms with Crippen molar-refractivity contribution in [2.75, 3.05) is 6.61 Å². The highest BCUT2D eigenvalue weighted by Crippen LogP contribution is 2.34. The first-order chi connectivity index (χ1) is 8.42. The quantitative estimate of drug-likeness (QED) is 0.791. The lowest BCUT2D eigenvalue weighted by molar-refractivity contribution is 0.107. The molecule has 0 aliphatic carbocycles. The van der Waals surface area contributed by atoms with Gasteiger partial charge in [0.1, 0.15) is 0 Å². The Bertz CT molecular complexity index is 449. The molecule has 2 heterocycles. The van der Waals surface area contributed by atoms with E-state index in [4.69, 9.17) is 4.74 Å². The molecule has 0 bridgehead atoms. The Hall–Kier alpha value is -1.12. The predicted octanol–water partition coefficient (Wildman–Crippen LogP) is 4.07. The van der Waals surface area contributed by atoms with Crippen LogP contribution in [0.2, 0.25) is 0 Å². The molecule has 2 atom stereocenters. The highest BCUT2D eigenvalue weighted by atomic mass is 32.1. The van der Waals surface area contributed by atoms with Gasteiger partial charge in [-0.25, -0.2) is 0 Å². The van der Waals surface area contributed by atoms with Crippen LogP contribution in [0.1, 0.15) is 23.7 Å². The van der Waals surface area contributed by atoms with Crippen LogP contribution in [0.5, 0.6) is 0 Å². The van der Waals surface area contributed by atoms with Gasteiger partial charge in [0, 0.05) is 0 Å². The maximum Gasteiger partial charge on any atom is 0.0836 e. The summed E-state index contributed by atoms with van der Waals surface area (Å²) in [7, 11) is 0. The van der Waals surface area contributed by atoms with Crippen molar-refractivity contribution in [3.8, 4) is 0 Å². The van der Waals surface area contributed by atoms with Crippen molar-refractivity contribution >= 4 is 11.3 Å². The second-order valence-corrected chi connectivity index (χ2v) is 5.45. The number of hydrogen-bond donors (Lipinski definition) is 0. The van der Waals surface area contributed by atoms with E-state index in [2.05, 4.69) is 47.2 Å². The standard InChI is InChI=1S/C15H16OS/c1-2-4-12(5-3-1)8-13-9-15(16-10-13)14-6-7-17-11-14/h1-7,11,13,15H,8-10H2/t13-,15+/m1/s1.